The Morgan fingerprint density at radius 1 is 0.864 bits per heavy atom. The predicted octanol–water partition coefficient (Wildman–Crippen LogP) is 3.90. The second-order valence-corrected chi connectivity index (χ2v) is 5.63. The second-order valence-electron chi connectivity index (χ2n) is 5.63. The number of hydrogen-bond acceptors (Lipinski definition) is 2. The molecule has 1 N–H and O–H groups in total. The summed E-state index contributed by atoms with van der Waals surface area (Å²) in [4.78, 5) is 2.46. The molecule has 0 heterocycles. The highest BCUT2D eigenvalue weighted by Crippen LogP contribution is 2.18. The van der Waals surface area contributed by atoms with Crippen LogP contribution in [0.5, 0.6) is 0 Å². The van der Waals surface area contributed by atoms with Gasteiger partial charge in [-0.25, -0.2) is 0 Å². The van der Waals surface area contributed by atoms with Crippen molar-refractivity contribution in [2.45, 2.75) is 26.3 Å². The molecule has 118 valence electrons. The Balaban J connectivity index is 1.99. The number of benzene rings is 2. The van der Waals surface area contributed by atoms with E-state index in [4.69, 9.17) is 0 Å². The van der Waals surface area contributed by atoms with Crippen LogP contribution in [0.3, 0.4) is 0 Å². The number of hydrogen-bond donors (Lipinski definition) is 1. The van der Waals surface area contributed by atoms with E-state index in [2.05, 4.69) is 84.7 Å². The van der Waals surface area contributed by atoms with Crippen molar-refractivity contribution in [3.63, 3.8) is 0 Å². The SMILES string of the molecule is CCN(CC)CCN[C@H](Cc1ccccc1)c1ccccc1. The topological polar surface area (TPSA) is 15.3 Å². The summed E-state index contributed by atoms with van der Waals surface area (Å²) in [5, 5.41) is 3.74. The highest BCUT2D eigenvalue weighted by atomic mass is 15.1. The highest BCUT2D eigenvalue weighted by molar-refractivity contribution is 5.23. The molecule has 0 amide bonds. The summed E-state index contributed by atoms with van der Waals surface area (Å²) in [5.41, 5.74) is 2.75. The number of nitrogens with one attached hydrogen (secondary N) is 1. The van der Waals surface area contributed by atoms with Crippen LogP contribution in [0.1, 0.15) is 31.0 Å². The molecule has 22 heavy (non-hydrogen) atoms. The second kappa shape index (κ2) is 9.39. The maximum absolute atomic E-state index is 3.74. The van der Waals surface area contributed by atoms with Crippen molar-refractivity contribution in [3.05, 3.63) is 71.8 Å². The smallest absolute Gasteiger partial charge is 0.0361 e. The molecule has 0 radical (unpaired) electrons. The first-order chi connectivity index (χ1) is 10.8. The van der Waals surface area contributed by atoms with Crippen LogP contribution in [0.4, 0.5) is 0 Å². The van der Waals surface area contributed by atoms with Gasteiger partial charge in [0, 0.05) is 19.1 Å². The predicted molar refractivity (Wildman–Crippen MR) is 95.1 cm³/mol. The van der Waals surface area contributed by atoms with Crippen LogP contribution < -0.4 is 5.32 Å². The fourth-order valence-electron chi connectivity index (χ4n) is 2.78. The molecule has 0 aromatic heterocycles. The van der Waals surface area contributed by atoms with Crippen molar-refractivity contribution < 1.29 is 0 Å². The first-order valence-electron chi connectivity index (χ1n) is 8.38. The first kappa shape index (κ1) is 16.7. The molecule has 0 aliphatic heterocycles. The Morgan fingerprint density at radius 3 is 2.05 bits per heavy atom. The highest BCUT2D eigenvalue weighted by Gasteiger charge is 2.11. The minimum atomic E-state index is 0.374. The lowest BCUT2D eigenvalue weighted by Gasteiger charge is -2.23. The van der Waals surface area contributed by atoms with Crippen LogP contribution in [-0.2, 0) is 6.42 Å². The summed E-state index contributed by atoms with van der Waals surface area (Å²) in [7, 11) is 0. The van der Waals surface area contributed by atoms with Gasteiger partial charge in [-0.1, -0.05) is 74.5 Å². The van der Waals surface area contributed by atoms with Crippen molar-refractivity contribution in [3.8, 4) is 0 Å². The van der Waals surface area contributed by atoms with Crippen LogP contribution in [-0.4, -0.2) is 31.1 Å². The number of nitrogens with zero attached hydrogens (tertiary/aromatic N) is 1. The van der Waals surface area contributed by atoms with E-state index in [0.717, 1.165) is 32.6 Å². The standard InChI is InChI=1S/C20H28N2/c1-3-22(4-2)16-15-21-20(19-13-9-6-10-14-19)17-18-11-7-5-8-12-18/h5-14,20-21H,3-4,15-17H2,1-2H3/t20-/m1/s1. The summed E-state index contributed by atoms with van der Waals surface area (Å²) in [5.74, 6) is 0. The third kappa shape index (κ3) is 5.28. The van der Waals surface area contributed by atoms with Gasteiger partial charge in [0.25, 0.3) is 0 Å². The monoisotopic (exact) mass is 296 g/mol. The molecule has 2 rings (SSSR count). The minimum absolute atomic E-state index is 0.374. The molecule has 0 saturated carbocycles. The Kier molecular flexibility index (Phi) is 7.14. The molecule has 0 unspecified atom stereocenters. The van der Waals surface area contributed by atoms with Crippen LogP contribution in [0.2, 0.25) is 0 Å². The molecule has 1 atom stereocenters. The van der Waals surface area contributed by atoms with Crippen molar-refractivity contribution >= 4 is 0 Å². The van der Waals surface area contributed by atoms with Gasteiger partial charge in [-0.15, -0.1) is 0 Å². The molecule has 2 aromatic rings. The Labute approximate surface area is 135 Å². The molecule has 0 aliphatic rings. The molecule has 2 heteroatoms. The zero-order valence-corrected chi connectivity index (χ0v) is 13.8. The summed E-state index contributed by atoms with van der Waals surface area (Å²) < 4.78 is 0. The van der Waals surface area contributed by atoms with Crippen molar-refractivity contribution in [1.82, 2.24) is 10.2 Å². The van der Waals surface area contributed by atoms with Gasteiger partial charge >= 0.3 is 0 Å². The first-order valence-corrected chi connectivity index (χ1v) is 8.38. The average Bonchev–Trinajstić information content (AvgIpc) is 2.59. The molecule has 0 fully saturated rings. The quantitative estimate of drug-likeness (QED) is 0.755. The van der Waals surface area contributed by atoms with Gasteiger partial charge in [0.1, 0.15) is 0 Å². The van der Waals surface area contributed by atoms with Crippen LogP contribution in [0.25, 0.3) is 0 Å². The molecule has 0 bridgehead atoms. The lowest BCUT2D eigenvalue weighted by Crippen LogP contribution is -2.34. The average molecular weight is 296 g/mol. The van der Waals surface area contributed by atoms with Gasteiger partial charge in [0.05, 0.1) is 0 Å². The van der Waals surface area contributed by atoms with E-state index in [0.29, 0.717) is 6.04 Å². The molecule has 0 aliphatic carbocycles. The molecule has 2 nitrogen and oxygen atoms in total. The van der Waals surface area contributed by atoms with E-state index in [-0.39, 0.29) is 0 Å². The van der Waals surface area contributed by atoms with E-state index >= 15 is 0 Å². The molecule has 2 aromatic carbocycles. The Bertz CT molecular complexity index is 506. The third-order valence-electron chi connectivity index (χ3n) is 4.20. The van der Waals surface area contributed by atoms with E-state index in [9.17, 15) is 0 Å². The van der Waals surface area contributed by atoms with E-state index in [1.807, 2.05) is 0 Å². The van der Waals surface area contributed by atoms with Gasteiger partial charge in [0.15, 0.2) is 0 Å². The fraction of sp³-hybridized carbons (Fsp3) is 0.400. The van der Waals surface area contributed by atoms with Crippen LogP contribution in [0.15, 0.2) is 60.7 Å². The molecule has 0 saturated heterocycles. The van der Waals surface area contributed by atoms with Crippen molar-refractivity contribution in [1.29, 1.82) is 0 Å². The Hall–Kier alpha value is -1.64. The van der Waals surface area contributed by atoms with E-state index in [1.54, 1.807) is 0 Å². The lowest BCUT2D eigenvalue weighted by molar-refractivity contribution is 0.296. The zero-order valence-electron chi connectivity index (χ0n) is 13.8. The molecule has 0 spiro atoms. The number of likely N-dealkylation sites (N-methyl/N-ethyl adjacent to an activating group) is 1. The summed E-state index contributed by atoms with van der Waals surface area (Å²) in [6, 6.07) is 21.9. The van der Waals surface area contributed by atoms with Gasteiger partial charge in [-0.05, 0) is 30.6 Å². The summed E-state index contributed by atoms with van der Waals surface area (Å²) in [6.07, 6.45) is 1.03. The van der Waals surface area contributed by atoms with Gasteiger partial charge in [-0.3, -0.25) is 0 Å². The Morgan fingerprint density at radius 2 is 1.45 bits per heavy atom. The maximum Gasteiger partial charge on any atom is 0.0361 e. The van der Waals surface area contributed by atoms with Gasteiger partial charge < -0.3 is 10.2 Å². The van der Waals surface area contributed by atoms with Crippen LogP contribution >= 0.6 is 0 Å². The summed E-state index contributed by atoms with van der Waals surface area (Å²) in [6.45, 7) is 8.81. The minimum Gasteiger partial charge on any atom is -0.308 e. The normalized spacial score (nSPS) is 12.5. The molecular weight excluding hydrogens is 268 g/mol. The van der Waals surface area contributed by atoms with E-state index < -0.39 is 0 Å². The number of rotatable bonds is 9. The van der Waals surface area contributed by atoms with Gasteiger partial charge in [-0.2, -0.15) is 0 Å². The van der Waals surface area contributed by atoms with Gasteiger partial charge in [0.2, 0.25) is 0 Å². The lowest BCUT2D eigenvalue weighted by atomic mass is 9.99. The summed E-state index contributed by atoms with van der Waals surface area (Å²) >= 11 is 0. The van der Waals surface area contributed by atoms with E-state index in [1.165, 1.54) is 11.1 Å². The maximum atomic E-state index is 3.74. The molecular formula is C20H28N2. The largest absolute Gasteiger partial charge is 0.308 e. The van der Waals surface area contributed by atoms with Crippen LogP contribution in [0, 0.1) is 0 Å². The van der Waals surface area contributed by atoms with Crippen molar-refractivity contribution in [2.24, 2.45) is 0 Å². The third-order valence-corrected chi connectivity index (χ3v) is 4.20. The fourth-order valence-corrected chi connectivity index (χ4v) is 2.78. The zero-order chi connectivity index (χ0) is 15.6. The van der Waals surface area contributed by atoms with Crippen molar-refractivity contribution in [2.75, 3.05) is 26.2 Å².